The molecule has 1 saturated heterocycles. The first-order chi connectivity index (χ1) is 10.0. The molecule has 0 saturated carbocycles. The van der Waals surface area contributed by atoms with E-state index in [4.69, 9.17) is 4.74 Å². The van der Waals surface area contributed by atoms with Gasteiger partial charge in [-0.2, -0.15) is 0 Å². The molecule has 0 aliphatic carbocycles. The maximum absolute atomic E-state index is 11.9. The number of nitro benzene ring substituents is 1. The number of hydrogen-bond acceptors (Lipinski definition) is 6. The van der Waals surface area contributed by atoms with Crippen molar-refractivity contribution in [1.29, 1.82) is 0 Å². The normalized spacial score (nSPS) is 18.4. The van der Waals surface area contributed by atoms with Crippen LogP contribution in [0.25, 0.3) is 0 Å². The smallest absolute Gasteiger partial charge is 0.345 e. The lowest BCUT2D eigenvalue weighted by Gasteiger charge is -2.36. The van der Waals surface area contributed by atoms with Crippen LogP contribution in [0.4, 0.5) is 11.4 Å². The Hall–Kier alpha value is -2.15. The van der Waals surface area contributed by atoms with Crippen molar-refractivity contribution in [1.82, 2.24) is 5.32 Å². The molecule has 0 aromatic heterocycles. The molecule has 1 aromatic rings. The van der Waals surface area contributed by atoms with Gasteiger partial charge >= 0.3 is 5.97 Å². The van der Waals surface area contributed by atoms with E-state index in [1.54, 1.807) is 19.1 Å². The molecule has 1 heterocycles. The fraction of sp³-hybridized carbons (Fsp3) is 0.500. The summed E-state index contributed by atoms with van der Waals surface area (Å²) in [6, 6.07) is 4.87. The van der Waals surface area contributed by atoms with E-state index < -0.39 is 10.9 Å². The Labute approximate surface area is 123 Å². The van der Waals surface area contributed by atoms with Gasteiger partial charge in [-0.15, -0.1) is 0 Å². The standard InChI is InChI=1S/C14H19N3O4/c1-3-21-14(18)12-8-11(4-5-13(12)17(19)20)16-7-6-15-9-10(16)2/h4-5,8,10,15H,3,6-7,9H2,1-2H3/t10-/m0/s1. The summed E-state index contributed by atoms with van der Waals surface area (Å²) in [5, 5.41) is 14.3. The van der Waals surface area contributed by atoms with Gasteiger partial charge in [0.25, 0.3) is 5.69 Å². The number of carbonyl (C=O) groups is 1. The average molecular weight is 293 g/mol. The number of nitrogens with one attached hydrogen (secondary N) is 1. The quantitative estimate of drug-likeness (QED) is 0.515. The van der Waals surface area contributed by atoms with Crippen molar-refractivity contribution in [3.8, 4) is 0 Å². The third kappa shape index (κ3) is 3.30. The monoisotopic (exact) mass is 293 g/mol. The number of nitro groups is 1. The van der Waals surface area contributed by atoms with Crippen molar-refractivity contribution in [3.63, 3.8) is 0 Å². The summed E-state index contributed by atoms with van der Waals surface area (Å²) in [5.41, 5.74) is 0.586. The molecule has 1 aliphatic heterocycles. The van der Waals surface area contributed by atoms with Gasteiger partial charge < -0.3 is 15.0 Å². The molecule has 0 radical (unpaired) electrons. The van der Waals surface area contributed by atoms with Crippen molar-refractivity contribution in [3.05, 3.63) is 33.9 Å². The van der Waals surface area contributed by atoms with Crippen LogP contribution in [0.5, 0.6) is 0 Å². The summed E-state index contributed by atoms with van der Waals surface area (Å²) >= 11 is 0. The second kappa shape index (κ2) is 6.53. The van der Waals surface area contributed by atoms with Crippen molar-refractivity contribution in [2.45, 2.75) is 19.9 Å². The van der Waals surface area contributed by atoms with Crippen LogP contribution in [0.2, 0.25) is 0 Å². The molecule has 0 unspecified atom stereocenters. The van der Waals surface area contributed by atoms with Crippen molar-refractivity contribution in [2.75, 3.05) is 31.1 Å². The number of nitrogens with zero attached hydrogens (tertiary/aromatic N) is 2. The van der Waals surface area contributed by atoms with Gasteiger partial charge in [-0.1, -0.05) is 0 Å². The average Bonchev–Trinajstić information content (AvgIpc) is 2.47. The van der Waals surface area contributed by atoms with Gasteiger partial charge in [0.05, 0.1) is 11.5 Å². The van der Waals surface area contributed by atoms with E-state index in [2.05, 4.69) is 17.1 Å². The van der Waals surface area contributed by atoms with E-state index in [9.17, 15) is 14.9 Å². The van der Waals surface area contributed by atoms with Crippen molar-refractivity contribution < 1.29 is 14.5 Å². The summed E-state index contributed by atoms with van der Waals surface area (Å²) in [5.74, 6) is -0.658. The lowest BCUT2D eigenvalue weighted by Crippen LogP contribution is -2.49. The highest BCUT2D eigenvalue weighted by Gasteiger charge is 2.25. The van der Waals surface area contributed by atoms with E-state index >= 15 is 0 Å². The maximum Gasteiger partial charge on any atom is 0.345 e. The largest absolute Gasteiger partial charge is 0.462 e. The number of ether oxygens (including phenoxy) is 1. The third-order valence-electron chi connectivity index (χ3n) is 3.51. The Bertz CT molecular complexity index is 547. The first-order valence-corrected chi connectivity index (χ1v) is 6.97. The number of rotatable bonds is 4. The van der Waals surface area contributed by atoms with Crippen LogP contribution < -0.4 is 10.2 Å². The van der Waals surface area contributed by atoms with Crippen LogP contribution in [0.1, 0.15) is 24.2 Å². The summed E-state index contributed by atoms with van der Waals surface area (Å²) < 4.78 is 4.91. The highest BCUT2D eigenvalue weighted by atomic mass is 16.6. The first-order valence-electron chi connectivity index (χ1n) is 6.97. The topological polar surface area (TPSA) is 84.7 Å². The maximum atomic E-state index is 11.9. The number of benzene rings is 1. The highest BCUT2D eigenvalue weighted by molar-refractivity contribution is 5.95. The zero-order valence-electron chi connectivity index (χ0n) is 12.2. The second-order valence-corrected chi connectivity index (χ2v) is 4.93. The molecule has 7 heteroatoms. The molecular formula is C14H19N3O4. The van der Waals surface area contributed by atoms with Gasteiger partial charge in [0.2, 0.25) is 0 Å². The molecule has 21 heavy (non-hydrogen) atoms. The van der Waals surface area contributed by atoms with Crippen LogP contribution in [-0.2, 0) is 4.74 Å². The van der Waals surface area contributed by atoms with Gasteiger partial charge in [0.1, 0.15) is 5.56 Å². The van der Waals surface area contributed by atoms with Gasteiger partial charge in [-0.05, 0) is 26.0 Å². The predicted molar refractivity (Wildman–Crippen MR) is 78.7 cm³/mol. The molecule has 1 aromatic carbocycles. The Balaban J connectivity index is 2.38. The second-order valence-electron chi connectivity index (χ2n) is 4.93. The van der Waals surface area contributed by atoms with Gasteiger partial charge in [-0.3, -0.25) is 10.1 Å². The third-order valence-corrected chi connectivity index (χ3v) is 3.51. The number of hydrogen-bond donors (Lipinski definition) is 1. The minimum atomic E-state index is -0.658. The lowest BCUT2D eigenvalue weighted by atomic mass is 10.1. The molecular weight excluding hydrogens is 274 g/mol. The Kier molecular flexibility index (Phi) is 4.74. The Morgan fingerprint density at radius 1 is 1.57 bits per heavy atom. The molecule has 7 nitrogen and oxygen atoms in total. The summed E-state index contributed by atoms with van der Waals surface area (Å²) in [6.07, 6.45) is 0. The van der Waals surface area contributed by atoms with Crippen molar-refractivity contribution >= 4 is 17.3 Å². The fourth-order valence-electron chi connectivity index (χ4n) is 2.46. The van der Waals surface area contributed by atoms with Gasteiger partial charge in [-0.25, -0.2) is 4.79 Å². The number of anilines is 1. The molecule has 0 bridgehead atoms. The summed E-state index contributed by atoms with van der Waals surface area (Å²) in [4.78, 5) is 24.6. The Morgan fingerprint density at radius 3 is 2.95 bits per heavy atom. The van der Waals surface area contributed by atoms with Crippen LogP contribution in [0, 0.1) is 10.1 Å². The molecule has 1 N–H and O–H groups in total. The van der Waals surface area contributed by atoms with E-state index in [0.29, 0.717) is 0 Å². The van der Waals surface area contributed by atoms with Crippen molar-refractivity contribution in [2.24, 2.45) is 0 Å². The molecule has 0 spiro atoms. The lowest BCUT2D eigenvalue weighted by molar-refractivity contribution is -0.385. The highest BCUT2D eigenvalue weighted by Crippen LogP contribution is 2.27. The van der Waals surface area contributed by atoms with Gasteiger partial charge in [0, 0.05) is 37.4 Å². The van der Waals surface area contributed by atoms with Crippen LogP contribution in [-0.4, -0.2) is 43.2 Å². The van der Waals surface area contributed by atoms with E-state index in [1.807, 2.05) is 0 Å². The fourth-order valence-corrected chi connectivity index (χ4v) is 2.46. The van der Waals surface area contributed by atoms with E-state index in [-0.39, 0.29) is 23.9 Å². The number of esters is 1. The molecule has 2 rings (SSSR count). The molecule has 1 fully saturated rings. The Morgan fingerprint density at radius 2 is 2.33 bits per heavy atom. The SMILES string of the molecule is CCOC(=O)c1cc(N2CCNC[C@@H]2C)ccc1[N+](=O)[O-]. The van der Waals surface area contributed by atoms with Crippen LogP contribution in [0.15, 0.2) is 18.2 Å². The summed E-state index contributed by atoms with van der Waals surface area (Å²) in [7, 11) is 0. The van der Waals surface area contributed by atoms with Gasteiger partial charge in [0.15, 0.2) is 0 Å². The van der Waals surface area contributed by atoms with Crippen LogP contribution in [0.3, 0.4) is 0 Å². The molecule has 1 aliphatic rings. The molecule has 1 atom stereocenters. The molecule has 0 amide bonds. The molecule has 114 valence electrons. The summed E-state index contributed by atoms with van der Waals surface area (Å²) in [6.45, 7) is 6.40. The van der Waals surface area contributed by atoms with Crippen LogP contribution >= 0.6 is 0 Å². The zero-order valence-corrected chi connectivity index (χ0v) is 12.2. The van der Waals surface area contributed by atoms with E-state index in [1.165, 1.54) is 6.07 Å². The van der Waals surface area contributed by atoms with E-state index in [0.717, 1.165) is 25.3 Å². The number of carbonyl (C=O) groups excluding carboxylic acids is 1. The minimum absolute atomic E-state index is 0.00471. The first kappa shape index (κ1) is 15.2. The zero-order chi connectivity index (χ0) is 15.4. The minimum Gasteiger partial charge on any atom is -0.462 e. The number of piperazine rings is 1. The predicted octanol–water partition coefficient (Wildman–Crippen LogP) is 1.57.